The highest BCUT2D eigenvalue weighted by molar-refractivity contribution is 6.32. The Balaban J connectivity index is 1.76. The molecule has 1 N–H and O–H groups in total. The van der Waals surface area contributed by atoms with Gasteiger partial charge in [0.05, 0.1) is 12.2 Å². The number of pyridine rings is 1. The van der Waals surface area contributed by atoms with Crippen molar-refractivity contribution in [2.75, 3.05) is 13.7 Å². The van der Waals surface area contributed by atoms with Crippen LogP contribution in [0.2, 0.25) is 5.02 Å². The Morgan fingerprint density at radius 2 is 2.04 bits per heavy atom. The van der Waals surface area contributed by atoms with Crippen LogP contribution in [0.25, 0.3) is 0 Å². The fourth-order valence-electron chi connectivity index (χ4n) is 3.35. The number of nitrogens with zero attached hydrogens (tertiary/aromatic N) is 2. The smallest absolute Gasteiger partial charge is 0.329 e. The van der Waals surface area contributed by atoms with Gasteiger partial charge in [0.2, 0.25) is 5.88 Å². The Labute approximate surface area is 152 Å². The summed E-state index contributed by atoms with van der Waals surface area (Å²) in [4.78, 5) is 30.2. The van der Waals surface area contributed by atoms with Gasteiger partial charge in [-0.25, -0.2) is 9.78 Å². The number of hydrogen-bond donors (Lipinski definition) is 1. The van der Waals surface area contributed by atoms with Crippen molar-refractivity contribution in [3.05, 3.63) is 22.8 Å². The second-order valence-corrected chi connectivity index (χ2v) is 7.43. The first-order chi connectivity index (χ1) is 11.9. The average molecular weight is 367 g/mol. The summed E-state index contributed by atoms with van der Waals surface area (Å²) in [6, 6.07) is 1.51. The van der Waals surface area contributed by atoms with E-state index in [0.717, 1.165) is 32.1 Å². The van der Waals surface area contributed by atoms with Gasteiger partial charge in [0.25, 0.3) is 5.91 Å². The maximum atomic E-state index is 12.8. The molecule has 0 aromatic carbocycles. The number of hydrogen-bond acceptors (Lipinski definition) is 4. The standard InChI is InChI=1S/C18H23ClN2O4/c1-21(18(17(23)24)7-3-2-4-8-18)16(22)13-9-14(19)15(20-10-13)25-11-12-5-6-12/h9-10,12H,2-8,11H2,1H3,(H,23,24). The quantitative estimate of drug-likeness (QED) is 0.834. The van der Waals surface area contributed by atoms with Crippen LogP contribution in [0.15, 0.2) is 12.3 Å². The predicted molar refractivity (Wildman–Crippen MR) is 93.0 cm³/mol. The molecule has 3 rings (SSSR count). The fraction of sp³-hybridized carbons (Fsp3) is 0.611. The van der Waals surface area contributed by atoms with Crippen LogP contribution in [-0.2, 0) is 4.79 Å². The lowest BCUT2D eigenvalue weighted by molar-refractivity contribution is -0.151. The molecule has 0 radical (unpaired) electrons. The molecule has 1 aromatic heterocycles. The van der Waals surface area contributed by atoms with Crippen molar-refractivity contribution in [1.82, 2.24) is 9.88 Å². The molecule has 136 valence electrons. The topological polar surface area (TPSA) is 79.7 Å². The van der Waals surface area contributed by atoms with Gasteiger partial charge >= 0.3 is 5.97 Å². The van der Waals surface area contributed by atoms with Gasteiger partial charge in [-0.15, -0.1) is 0 Å². The zero-order valence-corrected chi connectivity index (χ0v) is 15.1. The molecule has 1 heterocycles. The number of carbonyl (C=O) groups is 2. The predicted octanol–water partition coefficient (Wildman–Crippen LogP) is 3.38. The van der Waals surface area contributed by atoms with Crippen LogP contribution in [0.3, 0.4) is 0 Å². The first kappa shape index (κ1) is 18.0. The van der Waals surface area contributed by atoms with E-state index in [1.165, 1.54) is 17.2 Å². The molecule has 0 bridgehead atoms. The summed E-state index contributed by atoms with van der Waals surface area (Å²) < 4.78 is 5.57. The van der Waals surface area contributed by atoms with Crippen LogP contribution < -0.4 is 4.74 Å². The van der Waals surface area contributed by atoms with Crippen LogP contribution in [0.1, 0.15) is 55.3 Å². The van der Waals surface area contributed by atoms with Gasteiger partial charge in [-0.1, -0.05) is 30.9 Å². The third kappa shape index (κ3) is 3.73. The van der Waals surface area contributed by atoms with Crippen molar-refractivity contribution >= 4 is 23.5 Å². The maximum Gasteiger partial charge on any atom is 0.329 e. The number of halogens is 1. The normalized spacial score (nSPS) is 19.3. The van der Waals surface area contributed by atoms with E-state index in [4.69, 9.17) is 16.3 Å². The fourth-order valence-corrected chi connectivity index (χ4v) is 3.57. The molecule has 6 nitrogen and oxygen atoms in total. The molecular formula is C18H23ClN2O4. The third-order valence-electron chi connectivity index (χ3n) is 5.23. The number of aliphatic carboxylic acids is 1. The van der Waals surface area contributed by atoms with Gasteiger partial charge in [-0.3, -0.25) is 4.79 Å². The van der Waals surface area contributed by atoms with E-state index in [2.05, 4.69) is 4.98 Å². The molecule has 2 aliphatic rings. The Hall–Kier alpha value is -1.82. The van der Waals surface area contributed by atoms with Gasteiger partial charge in [0.15, 0.2) is 0 Å². The molecule has 25 heavy (non-hydrogen) atoms. The Morgan fingerprint density at radius 3 is 2.60 bits per heavy atom. The SMILES string of the molecule is CN(C(=O)c1cnc(OCC2CC2)c(Cl)c1)C1(C(=O)O)CCCCC1. The zero-order chi connectivity index (χ0) is 18.0. The van der Waals surface area contributed by atoms with Crippen molar-refractivity contribution in [2.45, 2.75) is 50.5 Å². The molecule has 0 unspecified atom stereocenters. The van der Waals surface area contributed by atoms with E-state index >= 15 is 0 Å². The number of amides is 1. The van der Waals surface area contributed by atoms with Crippen molar-refractivity contribution in [1.29, 1.82) is 0 Å². The molecule has 7 heteroatoms. The largest absolute Gasteiger partial charge is 0.479 e. The van der Waals surface area contributed by atoms with E-state index in [-0.39, 0.29) is 16.5 Å². The molecule has 2 aliphatic carbocycles. The second kappa shape index (κ2) is 7.20. The molecule has 0 spiro atoms. The lowest BCUT2D eigenvalue weighted by atomic mass is 9.80. The molecule has 0 saturated heterocycles. The molecule has 2 saturated carbocycles. The van der Waals surface area contributed by atoms with E-state index < -0.39 is 11.5 Å². The molecule has 1 amide bonds. The number of carboxylic acid groups (broad SMARTS) is 1. The Bertz CT molecular complexity index is 669. The van der Waals surface area contributed by atoms with Crippen LogP contribution in [-0.4, -0.2) is 46.1 Å². The van der Waals surface area contributed by atoms with Crippen LogP contribution in [0, 0.1) is 5.92 Å². The summed E-state index contributed by atoms with van der Waals surface area (Å²) in [5, 5.41) is 10.00. The minimum Gasteiger partial charge on any atom is -0.479 e. The highest BCUT2D eigenvalue weighted by Gasteiger charge is 2.45. The van der Waals surface area contributed by atoms with Crippen LogP contribution >= 0.6 is 11.6 Å². The van der Waals surface area contributed by atoms with Gasteiger partial charge in [-0.2, -0.15) is 0 Å². The van der Waals surface area contributed by atoms with E-state index in [9.17, 15) is 14.7 Å². The van der Waals surface area contributed by atoms with Crippen LogP contribution in [0.4, 0.5) is 0 Å². The van der Waals surface area contributed by atoms with Crippen molar-refractivity contribution in [3.63, 3.8) is 0 Å². The lowest BCUT2D eigenvalue weighted by Crippen LogP contribution is -2.56. The molecule has 0 atom stereocenters. The highest BCUT2D eigenvalue weighted by atomic mass is 35.5. The lowest BCUT2D eigenvalue weighted by Gasteiger charge is -2.41. The first-order valence-corrected chi connectivity index (χ1v) is 9.12. The zero-order valence-electron chi connectivity index (χ0n) is 14.3. The molecule has 1 aromatic rings. The average Bonchev–Trinajstić information content (AvgIpc) is 3.44. The van der Waals surface area contributed by atoms with E-state index in [1.807, 2.05) is 0 Å². The number of aromatic nitrogens is 1. The highest BCUT2D eigenvalue weighted by Crippen LogP contribution is 2.35. The second-order valence-electron chi connectivity index (χ2n) is 7.03. The van der Waals surface area contributed by atoms with E-state index in [0.29, 0.717) is 31.2 Å². The van der Waals surface area contributed by atoms with Gasteiger partial charge in [-0.05, 0) is 37.7 Å². The number of carboxylic acids is 1. The summed E-state index contributed by atoms with van der Waals surface area (Å²) in [6.45, 7) is 0.585. The van der Waals surface area contributed by atoms with Gasteiger partial charge < -0.3 is 14.7 Å². The monoisotopic (exact) mass is 366 g/mol. The van der Waals surface area contributed by atoms with Gasteiger partial charge in [0, 0.05) is 13.2 Å². The summed E-state index contributed by atoms with van der Waals surface area (Å²) in [6.07, 6.45) is 7.27. The van der Waals surface area contributed by atoms with Gasteiger partial charge in [0.1, 0.15) is 10.6 Å². The van der Waals surface area contributed by atoms with Crippen molar-refractivity contribution in [3.8, 4) is 5.88 Å². The van der Waals surface area contributed by atoms with E-state index in [1.54, 1.807) is 7.05 Å². The molecule has 0 aliphatic heterocycles. The molecular weight excluding hydrogens is 344 g/mol. The Kier molecular flexibility index (Phi) is 5.18. The summed E-state index contributed by atoms with van der Waals surface area (Å²) in [5.74, 6) is -0.440. The van der Waals surface area contributed by atoms with Crippen molar-refractivity contribution in [2.24, 2.45) is 5.92 Å². The number of rotatable bonds is 6. The third-order valence-corrected chi connectivity index (χ3v) is 5.50. The number of likely N-dealkylation sites (N-methyl/N-ethyl adjacent to an activating group) is 1. The molecule has 2 fully saturated rings. The number of carbonyl (C=O) groups excluding carboxylic acids is 1. The summed E-state index contributed by atoms with van der Waals surface area (Å²) >= 11 is 6.19. The summed E-state index contributed by atoms with van der Waals surface area (Å²) in [7, 11) is 1.55. The first-order valence-electron chi connectivity index (χ1n) is 8.74. The number of ether oxygens (including phenoxy) is 1. The minimum atomic E-state index is -1.15. The summed E-state index contributed by atoms with van der Waals surface area (Å²) in [5.41, 5.74) is -0.874. The van der Waals surface area contributed by atoms with Crippen LogP contribution in [0.5, 0.6) is 5.88 Å². The maximum absolute atomic E-state index is 12.8. The Morgan fingerprint density at radius 1 is 1.36 bits per heavy atom. The minimum absolute atomic E-state index is 0.271. The van der Waals surface area contributed by atoms with Crippen molar-refractivity contribution < 1.29 is 19.4 Å².